The second kappa shape index (κ2) is 6.18. The zero-order chi connectivity index (χ0) is 15.5. The minimum atomic E-state index is -0.320. The summed E-state index contributed by atoms with van der Waals surface area (Å²) < 4.78 is 0. The predicted octanol–water partition coefficient (Wildman–Crippen LogP) is 2.29. The molecule has 1 atom stereocenters. The van der Waals surface area contributed by atoms with Crippen LogP contribution >= 0.6 is 0 Å². The SMILES string of the molecule is N#Cc1ccccc1NC(=O)[C@@H]1CC(=O)N(C2CCCC2)C1. The van der Waals surface area contributed by atoms with Gasteiger partial charge in [0.05, 0.1) is 17.2 Å². The van der Waals surface area contributed by atoms with E-state index in [0.717, 1.165) is 12.8 Å². The van der Waals surface area contributed by atoms with Crippen LogP contribution in [0.1, 0.15) is 37.7 Å². The molecule has 0 unspecified atom stereocenters. The number of benzene rings is 1. The summed E-state index contributed by atoms with van der Waals surface area (Å²) in [6, 6.07) is 9.29. The first-order valence-corrected chi connectivity index (χ1v) is 7.78. The van der Waals surface area contributed by atoms with Crippen molar-refractivity contribution in [2.45, 2.75) is 38.1 Å². The molecule has 0 spiro atoms. The molecule has 2 aliphatic rings. The van der Waals surface area contributed by atoms with Crippen molar-refractivity contribution in [3.63, 3.8) is 0 Å². The monoisotopic (exact) mass is 297 g/mol. The van der Waals surface area contributed by atoms with Crippen LogP contribution in [-0.4, -0.2) is 29.3 Å². The number of likely N-dealkylation sites (tertiary alicyclic amines) is 1. The second-order valence-electron chi connectivity index (χ2n) is 6.03. The molecule has 0 radical (unpaired) electrons. The van der Waals surface area contributed by atoms with Gasteiger partial charge in [-0.2, -0.15) is 5.26 Å². The average Bonchev–Trinajstić information content (AvgIpc) is 3.16. The number of hydrogen-bond donors (Lipinski definition) is 1. The molecule has 22 heavy (non-hydrogen) atoms. The molecule has 1 heterocycles. The Hall–Kier alpha value is -2.35. The molecular formula is C17H19N3O2. The lowest BCUT2D eigenvalue weighted by Gasteiger charge is -2.23. The van der Waals surface area contributed by atoms with Crippen molar-refractivity contribution in [1.29, 1.82) is 5.26 Å². The summed E-state index contributed by atoms with van der Waals surface area (Å²) in [6.07, 6.45) is 4.72. The Bertz CT molecular complexity index is 629. The summed E-state index contributed by atoms with van der Waals surface area (Å²) in [7, 11) is 0. The van der Waals surface area contributed by atoms with E-state index in [1.165, 1.54) is 12.8 Å². The molecule has 114 valence electrons. The van der Waals surface area contributed by atoms with Gasteiger partial charge in [0.2, 0.25) is 11.8 Å². The van der Waals surface area contributed by atoms with Crippen molar-refractivity contribution in [3.8, 4) is 6.07 Å². The first-order chi connectivity index (χ1) is 10.7. The molecule has 1 aliphatic carbocycles. The van der Waals surface area contributed by atoms with Gasteiger partial charge in [0.15, 0.2) is 0 Å². The highest BCUT2D eigenvalue weighted by Crippen LogP contribution is 2.30. The van der Waals surface area contributed by atoms with Crippen molar-refractivity contribution in [2.24, 2.45) is 5.92 Å². The quantitative estimate of drug-likeness (QED) is 0.930. The number of para-hydroxylation sites is 1. The Morgan fingerprint density at radius 1 is 1.27 bits per heavy atom. The van der Waals surface area contributed by atoms with E-state index in [1.807, 2.05) is 4.90 Å². The molecular weight excluding hydrogens is 278 g/mol. The molecule has 1 aliphatic heterocycles. The fourth-order valence-corrected chi connectivity index (χ4v) is 3.40. The van der Waals surface area contributed by atoms with Crippen LogP contribution in [0.15, 0.2) is 24.3 Å². The Morgan fingerprint density at radius 3 is 2.73 bits per heavy atom. The van der Waals surface area contributed by atoms with Crippen LogP contribution in [0.4, 0.5) is 5.69 Å². The van der Waals surface area contributed by atoms with E-state index in [0.29, 0.717) is 23.8 Å². The summed E-state index contributed by atoms with van der Waals surface area (Å²) >= 11 is 0. The summed E-state index contributed by atoms with van der Waals surface area (Å²) in [6.45, 7) is 0.504. The van der Waals surface area contributed by atoms with Gasteiger partial charge in [-0.05, 0) is 25.0 Å². The third kappa shape index (κ3) is 2.82. The topological polar surface area (TPSA) is 73.2 Å². The summed E-state index contributed by atoms with van der Waals surface area (Å²) in [5.41, 5.74) is 0.953. The van der Waals surface area contributed by atoms with Crippen LogP contribution in [0, 0.1) is 17.2 Å². The van der Waals surface area contributed by atoms with E-state index in [-0.39, 0.29) is 24.2 Å². The van der Waals surface area contributed by atoms with Crippen molar-refractivity contribution >= 4 is 17.5 Å². The minimum absolute atomic E-state index is 0.0839. The molecule has 1 N–H and O–H groups in total. The third-order valence-corrected chi connectivity index (χ3v) is 4.60. The number of anilines is 1. The zero-order valence-electron chi connectivity index (χ0n) is 12.4. The number of carbonyl (C=O) groups is 2. The van der Waals surface area contributed by atoms with Gasteiger partial charge in [0, 0.05) is 19.0 Å². The number of rotatable bonds is 3. The van der Waals surface area contributed by atoms with Gasteiger partial charge in [0.25, 0.3) is 0 Å². The smallest absolute Gasteiger partial charge is 0.229 e. The van der Waals surface area contributed by atoms with Crippen molar-refractivity contribution < 1.29 is 9.59 Å². The van der Waals surface area contributed by atoms with E-state index in [2.05, 4.69) is 11.4 Å². The Balaban J connectivity index is 1.66. The van der Waals surface area contributed by atoms with Gasteiger partial charge in [-0.25, -0.2) is 0 Å². The maximum atomic E-state index is 12.4. The Kier molecular flexibility index (Phi) is 4.10. The lowest BCUT2D eigenvalue weighted by atomic mass is 10.1. The average molecular weight is 297 g/mol. The molecule has 1 saturated carbocycles. The lowest BCUT2D eigenvalue weighted by molar-refractivity contribution is -0.129. The lowest BCUT2D eigenvalue weighted by Crippen LogP contribution is -2.35. The first-order valence-electron chi connectivity index (χ1n) is 7.78. The molecule has 1 aromatic carbocycles. The van der Waals surface area contributed by atoms with Gasteiger partial charge < -0.3 is 10.2 Å². The Labute approximate surface area is 129 Å². The highest BCUT2D eigenvalue weighted by atomic mass is 16.2. The summed E-state index contributed by atoms with van der Waals surface area (Å²) in [5, 5.41) is 11.9. The number of nitrogens with zero attached hydrogens (tertiary/aromatic N) is 2. The molecule has 2 amide bonds. The number of amides is 2. The fraction of sp³-hybridized carbons (Fsp3) is 0.471. The van der Waals surface area contributed by atoms with Crippen LogP contribution in [0.3, 0.4) is 0 Å². The molecule has 1 saturated heterocycles. The number of carbonyl (C=O) groups excluding carboxylic acids is 2. The first kappa shape index (κ1) is 14.6. The number of nitrogens with one attached hydrogen (secondary N) is 1. The fourth-order valence-electron chi connectivity index (χ4n) is 3.40. The molecule has 1 aromatic rings. The van der Waals surface area contributed by atoms with Crippen LogP contribution in [0.5, 0.6) is 0 Å². The molecule has 5 heteroatoms. The summed E-state index contributed by atoms with van der Waals surface area (Å²) in [4.78, 5) is 26.4. The zero-order valence-corrected chi connectivity index (χ0v) is 12.4. The van der Waals surface area contributed by atoms with Gasteiger partial charge in [-0.1, -0.05) is 25.0 Å². The van der Waals surface area contributed by atoms with Gasteiger partial charge in [-0.3, -0.25) is 9.59 Å². The van der Waals surface area contributed by atoms with Crippen LogP contribution in [0.25, 0.3) is 0 Å². The highest BCUT2D eigenvalue weighted by Gasteiger charge is 2.38. The van der Waals surface area contributed by atoms with E-state index in [9.17, 15) is 9.59 Å². The molecule has 0 aromatic heterocycles. The van der Waals surface area contributed by atoms with E-state index in [1.54, 1.807) is 24.3 Å². The maximum Gasteiger partial charge on any atom is 0.229 e. The van der Waals surface area contributed by atoms with Crippen molar-refractivity contribution in [2.75, 3.05) is 11.9 Å². The largest absolute Gasteiger partial charge is 0.339 e. The van der Waals surface area contributed by atoms with Crippen LogP contribution in [-0.2, 0) is 9.59 Å². The summed E-state index contributed by atoms with van der Waals surface area (Å²) in [5.74, 6) is -0.406. The van der Waals surface area contributed by atoms with E-state index >= 15 is 0 Å². The van der Waals surface area contributed by atoms with Crippen molar-refractivity contribution in [1.82, 2.24) is 4.90 Å². The number of nitriles is 1. The highest BCUT2D eigenvalue weighted by molar-refractivity contribution is 5.98. The van der Waals surface area contributed by atoms with Gasteiger partial charge >= 0.3 is 0 Å². The molecule has 2 fully saturated rings. The predicted molar refractivity (Wildman–Crippen MR) is 81.9 cm³/mol. The molecule has 5 nitrogen and oxygen atoms in total. The second-order valence-corrected chi connectivity index (χ2v) is 6.03. The Morgan fingerprint density at radius 2 is 2.00 bits per heavy atom. The molecule has 3 rings (SSSR count). The van der Waals surface area contributed by atoms with Crippen molar-refractivity contribution in [3.05, 3.63) is 29.8 Å². The van der Waals surface area contributed by atoms with E-state index < -0.39 is 0 Å². The minimum Gasteiger partial charge on any atom is -0.339 e. The standard InChI is InChI=1S/C17H19N3O2/c18-10-12-5-1-4-8-15(12)19-17(22)13-9-16(21)20(11-13)14-6-2-3-7-14/h1,4-5,8,13-14H,2-3,6-7,9,11H2,(H,19,22)/t13-/m1/s1. The van der Waals surface area contributed by atoms with Crippen LogP contribution in [0.2, 0.25) is 0 Å². The van der Waals surface area contributed by atoms with Crippen LogP contribution < -0.4 is 5.32 Å². The van der Waals surface area contributed by atoms with E-state index in [4.69, 9.17) is 5.26 Å². The third-order valence-electron chi connectivity index (χ3n) is 4.60. The maximum absolute atomic E-state index is 12.4. The molecule has 0 bridgehead atoms. The van der Waals surface area contributed by atoms with Gasteiger partial charge in [0.1, 0.15) is 6.07 Å². The number of hydrogen-bond acceptors (Lipinski definition) is 3. The normalized spacial score (nSPS) is 21.9. The van der Waals surface area contributed by atoms with Gasteiger partial charge in [-0.15, -0.1) is 0 Å².